The summed E-state index contributed by atoms with van der Waals surface area (Å²) in [5, 5.41) is 0.0976. The molecule has 1 amide bonds. The second-order valence-corrected chi connectivity index (χ2v) is 8.84. The van der Waals surface area contributed by atoms with Crippen LogP contribution in [-0.2, 0) is 11.3 Å². The van der Waals surface area contributed by atoms with E-state index in [2.05, 4.69) is 15.9 Å². The van der Waals surface area contributed by atoms with E-state index in [0.29, 0.717) is 11.3 Å². The van der Waals surface area contributed by atoms with Crippen LogP contribution in [0.1, 0.15) is 42.3 Å². The molecule has 0 heterocycles. The maximum absolute atomic E-state index is 13.6. The van der Waals surface area contributed by atoms with Crippen LogP contribution in [0.3, 0.4) is 0 Å². The Morgan fingerprint density at radius 3 is 2.47 bits per heavy atom. The Bertz CT molecular complexity index is 992. The molecule has 0 aliphatic heterocycles. The van der Waals surface area contributed by atoms with Gasteiger partial charge >= 0.3 is 6.09 Å². The number of nitrogens with two attached hydrogens (primary N) is 1. The molecule has 0 atom stereocenters. The van der Waals surface area contributed by atoms with Gasteiger partial charge in [-0.1, -0.05) is 11.6 Å². The second-order valence-electron chi connectivity index (χ2n) is 7.64. The molecule has 0 bridgehead atoms. The molecular weight excluding hydrogens is 479 g/mol. The molecule has 0 saturated heterocycles. The molecular formula is C21H23BrClFN2O4. The molecule has 2 rings (SSSR count). The lowest BCUT2D eigenvalue weighted by atomic mass is 9.99. The minimum Gasteiger partial charge on any atom is -0.495 e. The number of ketones is 1. The van der Waals surface area contributed by atoms with Gasteiger partial charge in [-0.05, 0) is 61.0 Å². The van der Waals surface area contributed by atoms with Crippen molar-refractivity contribution in [1.82, 2.24) is 4.90 Å². The molecule has 0 saturated carbocycles. The molecule has 2 aromatic rings. The van der Waals surface area contributed by atoms with Crippen LogP contribution in [0.25, 0.3) is 0 Å². The van der Waals surface area contributed by atoms with Gasteiger partial charge in [0, 0.05) is 23.9 Å². The molecule has 0 aromatic heterocycles. The zero-order valence-electron chi connectivity index (χ0n) is 17.3. The van der Waals surface area contributed by atoms with Crippen molar-refractivity contribution in [2.24, 2.45) is 0 Å². The average molecular weight is 502 g/mol. The number of hydrogen-bond acceptors (Lipinski definition) is 5. The van der Waals surface area contributed by atoms with E-state index in [-0.39, 0.29) is 32.9 Å². The third-order valence-corrected chi connectivity index (χ3v) is 5.13. The van der Waals surface area contributed by atoms with Gasteiger partial charge in [0.15, 0.2) is 5.78 Å². The van der Waals surface area contributed by atoms with E-state index in [1.807, 2.05) is 0 Å². The van der Waals surface area contributed by atoms with Gasteiger partial charge < -0.3 is 20.1 Å². The van der Waals surface area contributed by atoms with Gasteiger partial charge in [0.25, 0.3) is 0 Å². The highest BCUT2D eigenvalue weighted by molar-refractivity contribution is 9.10. The molecule has 0 radical (unpaired) electrons. The Balaban J connectivity index is 2.45. The summed E-state index contributed by atoms with van der Waals surface area (Å²) in [5.41, 5.74) is 6.25. The van der Waals surface area contributed by atoms with Crippen molar-refractivity contribution < 1.29 is 23.5 Å². The number of hydrogen-bond donors (Lipinski definition) is 1. The Morgan fingerprint density at radius 1 is 1.27 bits per heavy atom. The number of rotatable bonds is 5. The molecule has 2 N–H and O–H groups in total. The fourth-order valence-electron chi connectivity index (χ4n) is 2.74. The van der Waals surface area contributed by atoms with Gasteiger partial charge in [-0.2, -0.15) is 0 Å². The fourth-order valence-corrected chi connectivity index (χ4v) is 3.77. The monoisotopic (exact) mass is 500 g/mol. The normalized spacial score (nSPS) is 11.2. The summed E-state index contributed by atoms with van der Waals surface area (Å²) in [6, 6.07) is 5.04. The van der Waals surface area contributed by atoms with Crippen molar-refractivity contribution in [3.05, 3.63) is 56.3 Å². The van der Waals surface area contributed by atoms with Crippen molar-refractivity contribution >= 4 is 45.1 Å². The smallest absolute Gasteiger partial charge is 0.410 e. The van der Waals surface area contributed by atoms with Crippen LogP contribution < -0.4 is 10.5 Å². The summed E-state index contributed by atoms with van der Waals surface area (Å²) >= 11 is 9.44. The number of carbonyl (C=O) groups excluding carboxylic acids is 2. The van der Waals surface area contributed by atoms with Gasteiger partial charge in [0.2, 0.25) is 0 Å². The summed E-state index contributed by atoms with van der Waals surface area (Å²) in [4.78, 5) is 26.7. The van der Waals surface area contributed by atoms with Gasteiger partial charge in [-0.25, -0.2) is 9.18 Å². The molecule has 9 heteroatoms. The first-order valence-electron chi connectivity index (χ1n) is 8.94. The number of methoxy groups -OCH3 is 1. The van der Waals surface area contributed by atoms with Gasteiger partial charge in [-0.15, -0.1) is 0 Å². The number of anilines is 1. The summed E-state index contributed by atoms with van der Waals surface area (Å²) in [5.74, 6) is -0.843. The quantitative estimate of drug-likeness (QED) is 0.436. The minimum atomic E-state index is -0.643. The Labute approximate surface area is 188 Å². The van der Waals surface area contributed by atoms with Crippen molar-refractivity contribution in [3.63, 3.8) is 0 Å². The highest BCUT2D eigenvalue weighted by atomic mass is 79.9. The first-order valence-corrected chi connectivity index (χ1v) is 10.1. The number of ether oxygens (including phenoxy) is 2. The SMILES string of the molecule is COc1c(CN(C)C(=O)OC(C)(C)C)cc(N)c(C(=O)c2cc(F)ccc2Cl)c1Br. The standard InChI is InChI=1S/C21H23BrClFN2O4/c1-21(2,3)30-20(28)26(4)10-11-8-15(25)16(17(22)19(11)29-5)18(27)13-9-12(24)6-7-14(13)23/h6-9H,10,25H2,1-5H3. The van der Waals surface area contributed by atoms with Crippen LogP contribution in [0.15, 0.2) is 28.7 Å². The topological polar surface area (TPSA) is 81.9 Å². The predicted molar refractivity (Wildman–Crippen MR) is 118 cm³/mol. The Morgan fingerprint density at radius 2 is 1.90 bits per heavy atom. The lowest BCUT2D eigenvalue weighted by molar-refractivity contribution is 0.0284. The molecule has 2 aromatic carbocycles. The van der Waals surface area contributed by atoms with E-state index in [1.165, 1.54) is 24.1 Å². The zero-order valence-corrected chi connectivity index (χ0v) is 19.6. The van der Waals surface area contributed by atoms with Crippen LogP contribution in [0, 0.1) is 5.82 Å². The van der Waals surface area contributed by atoms with E-state index in [1.54, 1.807) is 27.8 Å². The molecule has 0 fully saturated rings. The van der Waals surface area contributed by atoms with Crippen LogP contribution in [-0.4, -0.2) is 36.5 Å². The van der Waals surface area contributed by atoms with E-state index in [0.717, 1.165) is 12.1 Å². The number of amides is 1. The molecule has 30 heavy (non-hydrogen) atoms. The Hall–Kier alpha value is -2.32. The largest absolute Gasteiger partial charge is 0.495 e. The second kappa shape index (κ2) is 9.22. The van der Waals surface area contributed by atoms with Crippen LogP contribution in [0.2, 0.25) is 5.02 Å². The van der Waals surface area contributed by atoms with Crippen molar-refractivity contribution in [3.8, 4) is 5.75 Å². The van der Waals surface area contributed by atoms with Crippen LogP contribution in [0.4, 0.5) is 14.9 Å². The molecule has 0 aliphatic carbocycles. The molecule has 0 unspecified atom stereocenters. The van der Waals surface area contributed by atoms with E-state index >= 15 is 0 Å². The van der Waals surface area contributed by atoms with Crippen LogP contribution >= 0.6 is 27.5 Å². The van der Waals surface area contributed by atoms with Gasteiger partial charge in [0.05, 0.1) is 28.7 Å². The van der Waals surface area contributed by atoms with Crippen molar-refractivity contribution in [2.45, 2.75) is 32.9 Å². The number of halogens is 3. The maximum Gasteiger partial charge on any atom is 0.410 e. The van der Waals surface area contributed by atoms with E-state index in [9.17, 15) is 14.0 Å². The lowest BCUT2D eigenvalue weighted by Gasteiger charge is -2.25. The highest BCUT2D eigenvalue weighted by Crippen LogP contribution is 2.39. The summed E-state index contributed by atoms with van der Waals surface area (Å²) < 4.78 is 24.7. The molecule has 0 spiro atoms. The summed E-state index contributed by atoms with van der Waals surface area (Å²) in [6.45, 7) is 5.43. The average Bonchev–Trinajstić information content (AvgIpc) is 2.62. The number of benzene rings is 2. The van der Waals surface area contributed by atoms with Crippen molar-refractivity contribution in [1.29, 1.82) is 0 Å². The third-order valence-electron chi connectivity index (χ3n) is 4.05. The first kappa shape index (κ1) is 24.0. The third kappa shape index (κ3) is 5.43. The predicted octanol–water partition coefficient (Wildman–Crippen LogP) is 5.43. The summed E-state index contributed by atoms with van der Waals surface area (Å²) in [7, 11) is 3.00. The highest BCUT2D eigenvalue weighted by Gasteiger charge is 2.26. The zero-order chi connectivity index (χ0) is 22.8. The number of nitrogen functional groups attached to an aromatic ring is 1. The molecule has 0 aliphatic rings. The molecule has 6 nitrogen and oxygen atoms in total. The number of nitrogens with zero attached hydrogens (tertiary/aromatic N) is 1. The van der Waals surface area contributed by atoms with Crippen molar-refractivity contribution in [2.75, 3.05) is 19.9 Å². The first-order chi connectivity index (χ1) is 13.9. The number of carbonyl (C=O) groups is 2. The Kier molecular flexibility index (Phi) is 7.36. The maximum atomic E-state index is 13.6. The lowest BCUT2D eigenvalue weighted by Crippen LogP contribution is -2.34. The summed E-state index contributed by atoms with van der Waals surface area (Å²) in [6.07, 6.45) is -0.522. The minimum absolute atomic E-state index is 0.0234. The van der Waals surface area contributed by atoms with Crippen LogP contribution in [0.5, 0.6) is 5.75 Å². The van der Waals surface area contributed by atoms with Gasteiger partial charge in [0.1, 0.15) is 17.2 Å². The molecule has 162 valence electrons. The van der Waals surface area contributed by atoms with Gasteiger partial charge in [-0.3, -0.25) is 4.79 Å². The van der Waals surface area contributed by atoms with E-state index in [4.69, 9.17) is 26.8 Å². The van der Waals surface area contributed by atoms with E-state index < -0.39 is 23.3 Å². The fraction of sp³-hybridized carbons (Fsp3) is 0.333.